The van der Waals surface area contributed by atoms with Crippen LogP contribution < -0.4 is 14.8 Å². The first kappa shape index (κ1) is 29.1. The quantitative estimate of drug-likeness (QED) is 0.434. The highest BCUT2D eigenvalue weighted by Crippen LogP contribution is 2.34. The lowest BCUT2D eigenvalue weighted by Crippen LogP contribution is -2.57. The summed E-state index contributed by atoms with van der Waals surface area (Å²) in [5.74, 6) is -0.876. The predicted octanol–water partition coefficient (Wildman–Crippen LogP) is 4.29. The number of para-hydroxylation sites is 2. The Labute approximate surface area is 244 Å². The number of alkyl carbamates (subject to hydrolysis) is 1. The van der Waals surface area contributed by atoms with Crippen LogP contribution in [0.15, 0.2) is 48.5 Å². The average Bonchev–Trinajstić information content (AvgIpc) is 3.36. The molecular weight excluding hydrogens is 540 g/mol. The van der Waals surface area contributed by atoms with E-state index in [1.165, 1.54) is 4.90 Å². The van der Waals surface area contributed by atoms with Crippen LogP contribution in [0, 0.1) is 10.8 Å². The fraction of sp³-hybridized carbons (Fsp3) is 0.452. The van der Waals surface area contributed by atoms with Crippen molar-refractivity contribution < 1.29 is 33.7 Å². The van der Waals surface area contributed by atoms with Crippen molar-refractivity contribution in [2.24, 2.45) is 10.8 Å². The van der Waals surface area contributed by atoms with Crippen molar-refractivity contribution in [3.05, 3.63) is 48.5 Å². The number of carbonyl (C=O) groups excluding carboxylic acids is 2. The minimum absolute atomic E-state index is 0.0107. The number of aromatic nitrogens is 2. The van der Waals surface area contributed by atoms with Gasteiger partial charge in [-0.15, -0.1) is 0 Å². The van der Waals surface area contributed by atoms with Crippen molar-refractivity contribution in [2.45, 2.75) is 59.2 Å². The number of aliphatic carboxylic acids is 1. The molecule has 1 saturated heterocycles. The number of nitrogens with zero attached hydrogens (tertiary/aromatic N) is 3. The van der Waals surface area contributed by atoms with Crippen LogP contribution in [0.5, 0.6) is 11.6 Å². The maximum atomic E-state index is 13.9. The van der Waals surface area contributed by atoms with Crippen molar-refractivity contribution in [3.8, 4) is 22.9 Å². The van der Waals surface area contributed by atoms with Crippen LogP contribution in [-0.4, -0.2) is 75.9 Å². The highest BCUT2D eigenvalue weighted by atomic mass is 16.6. The van der Waals surface area contributed by atoms with Crippen molar-refractivity contribution in [2.75, 3.05) is 19.8 Å². The second-order valence-electron chi connectivity index (χ2n) is 12.7. The lowest BCUT2D eigenvalue weighted by molar-refractivity contribution is -0.150. The minimum atomic E-state index is -1.16. The molecule has 2 aromatic carbocycles. The third-order valence-electron chi connectivity index (χ3n) is 7.35. The Morgan fingerprint density at radius 1 is 1.02 bits per heavy atom. The van der Waals surface area contributed by atoms with Gasteiger partial charge in [-0.3, -0.25) is 4.79 Å². The molecule has 0 radical (unpaired) electrons. The van der Waals surface area contributed by atoms with E-state index in [0.29, 0.717) is 28.0 Å². The first-order chi connectivity index (χ1) is 19.8. The van der Waals surface area contributed by atoms with E-state index in [1.54, 1.807) is 20.8 Å². The summed E-state index contributed by atoms with van der Waals surface area (Å²) in [6.07, 6.45) is -1.42. The molecule has 3 aromatic rings. The molecule has 222 valence electrons. The van der Waals surface area contributed by atoms with E-state index in [9.17, 15) is 19.5 Å². The summed E-state index contributed by atoms with van der Waals surface area (Å²) in [4.78, 5) is 49.9. The van der Waals surface area contributed by atoms with E-state index in [-0.39, 0.29) is 32.1 Å². The second-order valence-corrected chi connectivity index (χ2v) is 12.7. The predicted molar refractivity (Wildman–Crippen MR) is 154 cm³/mol. The topological polar surface area (TPSA) is 140 Å². The second kappa shape index (κ2) is 11.1. The molecule has 2 amide bonds. The third-order valence-corrected chi connectivity index (χ3v) is 7.35. The number of carboxylic acids is 1. The average molecular weight is 577 g/mol. The number of nitrogens with one attached hydrogen (secondary N) is 1. The van der Waals surface area contributed by atoms with E-state index in [0.717, 1.165) is 0 Å². The standard InChI is InChI=1S/C31H36N4O7/c1-30(2,3)25-27(36)35-15-20(14-23(35)28(37)38)42-26-24(32-21-11-6-7-12-22(21)33-26)18-9-8-10-19(13-18)40-16-31(4,5)17-41-29(39)34-25/h6-13,20,23,25H,14-17H2,1-5H3,(H,34,39)(H,37,38)/t20-,23+,25-/m1/s1. The Hall–Kier alpha value is -4.41. The van der Waals surface area contributed by atoms with Crippen molar-refractivity contribution >= 4 is 29.0 Å². The van der Waals surface area contributed by atoms with E-state index in [4.69, 9.17) is 24.2 Å². The Bertz CT molecular complexity index is 1520. The lowest BCUT2D eigenvalue weighted by atomic mass is 9.85. The summed E-state index contributed by atoms with van der Waals surface area (Å²) < 4.78 is 18.0. The molecule has 1 aromatic heterocycles. The van der Waals surface area contributed by atoms with Gasteiger partial charge in [0.2, 0.25) is 11.8 Å². The number of carbonyl (C=O) groups is 3. The zero-order valence-electron chi connectivity index (χ0n) is 24.4. The summed E-state index contributed by atoms with van der Waals surface area (Å²) in [7, 11) is 0. The molecule has 0 saturated carbocycles. The van der Waals surface area contributed by atoms with Crippen LogP contribution >= 0.6 is 0 Å². The van der Waals surface area contributed by atoms with Gasteiger partial charge in [-0.1, -0.05) is 58.9 Å². The van der Waals surface area contributed by atoms with Crippen LogP contribution in [-0.2, 0) is 14.3 Å². The van der Waals surface area contributed by atoms with Gasteiger partial charge >= 0.3 is 12.1 Å². The molecule has 42 heavy (non-hydrogen) atoms. The zero-order valence-corrected chi connectivity index (χ0v) is 24.4. The van der Waals surface area contributed by atoms with Gasteiger partial charge in [0.25, 0.3) is 0 Å². The number of rotatable bonds is 1. The van der Waals surface area contributed by atoms with Gasteiger partial charge in [-0.05, 0) is 29.7 Å². The Kier molecular flexibility index (Phi) is 7.70. The lowest BCUT2D eigenvalue weighted by Gasteiger charge is -2.34. The third kappa shape index (κ3) is 6.24. The summed E-state index contributed by atoms with van der Waals surface area (Å²) in [6.45, 7) is 9.45. The SMILES string of the molecule is CC1(C)COC(=O)N[C@@H](C(C)(C)C)C(=O)N2C[C@@H](C[C@H]2C(=O)O)Oc2nc3ccccc3nc2-c2cccc(c2)OC1. The first-order valence-corrected chi connectivity index (χ1v) is 13.9. The van der Waals surface area contributed by atoms with Gasteiger partial charge in [0.15, 0.2) is 0 Å². The van der Waals surface area contributed by atoms with Crippen LogP contribution in [0.4, 0.5) is 4.79 Å². The minimum Gasteiger partial charge on any atom is -0.493 e. The van der Waals surface area contributed by atoms with Gasteiger partial charge in [0, 0.05) is 17.4 Å². The van der Waals surface area contributed by atoms with E-state index < -0.39 is 47.0 Å². The molecule has 0 aliphatic carbocycles. The highest BCUT2D eigenvalue weighted by Gasteiger charge is 2.46. The van der Waals surface area contributed by atoms with Crippen LogP contribution in [0.3, 0.4) is 0 Å². The summed E-state index contributed by atoms with van der Waals surface area (Å²) in [5, 5.41) is 12.7. The molecule has 2 aliphatic rings. The summed E-state index contributed by atoms with van der Waals surface area (Å²) >= 11 is 0. The van der Waals surface area contributed by atoms with E-state index in [1.807, 2.05) is 62.4 Å². The van der Waals surface area contributed by atoms with Gasteiger partial charge in [0.1, 0.15) is 36.2 Å². The molecule has 0 spiro atoms. The zero-order chi connectivity index (χ0) is 30.2. The van der Waals surface area contributed by atoms with Crippen molar-refractivity contribution in [1.82, 2.24) is 20.2 Å². The maximum Gasteiger partial charge on any atom is 0.407 e. The number of amides is 2. The maximum absolute atomic E-state index is 13.9. The molecule has 3 atom stereocenters. The molecule has 11 heteroatoms. The smallest absolute Gasteiger partial charge is 0.407 e. The van der Waals surface area contributed by atoms with Crippen LogP contribution in [0.25, 0.3) is 22.3 Å². The number of cyclic esters (lactones) is 1. The summed E-state index contributed by atoms with van der Waals surface area (Å²) in [5.41, 5.74) is 1.15. The number of fused-ring (bicyclic) bond motifs is 7. The number of benzene rings is 2. The van der Waals surface area contributed by atoms with Gasteiger partial charge < -0.3 is 29.5 Å². The molecule has 1 fully saturated rings. The number of carboxylic acid groups (broad SMARTS) is 1. The van der Waals surface area contributed by atoms with Gasteiger partial charge in [0.05, 0.1) is 24.2 Å². The molecule has 2 N–H and O–H groups in total. The monoisotopic (exact) mass is 576 g/mol. The molecule has 0 unspecified atom stereocenters. The molecule has 3 heterocycles. The fourth-order valence-electron chi connectivity index (χ4n) is 5.06. The highest BCUT2D eigenvalue weighted by molar-refractivity contribution is 5.90. The van der Waals surface area contributed by atoms with Crippen LogP contribution in [0.1, 0.15) is 41.0 Å². The first-order valence-electron chi connectivity index (χ1n) is 13.9. The molecular formula is C31H36N4O7. The summed E-state index contributed by atoms with van der Waals surface area (Å²) in [6, 6.07) is 12.6. The van der Waals surface area contributed by atoms with Crippen molar-refractivity contribution in [3.63, 3.8) is 0 Å². The van der Waals surface area contributed by atoms with E-state index in [2.05, 4.69) is 5.32 Å². The van der Waals surface area contributed by atoms with Gasteiger partial charge in [-0.2, -0.15) is 0 Å². The molecule has 5 rings (SSSR count). The molecule has 2 aliphatic heterocycles. The normalized spacial score (nSPS) is 23.0. The number of hydrogen-bond donors (Lipinski definition) is 2. The van der Waals surface area contributed by atoms with Crippen LogP contribution in [0.2, 0.25) is 0 Å². The molecule has 4 bridgehead atoms. The number of ether oxygens (including phenoxy) is 3. The van der Waals surface area contributed by atoms with Gasteiger partial charge in [-0.25, -0.2) is 19.6 Å². The Morgan fingerprint density at radius 3 is 2.40 bits per heavy atom. The molecule has 11 nitrogen and oxygen atoms in total. The number of hydrogen-bond acceptors (Lipinski definition) is 8. The van der Waals surface area contributed by atoms with E-state index >= 15 is 0 Å². The Morgan fingerprint density at radius 2 is 1.71 bits per heavy atom. The van der Waals surface area contributed by atoms with Crippen molar-refractivity contribution in [1.29, 1.82) is 0 Å². The Balaban J connectivity index is 1.60. The fourth-order valence-corrected chi connectivity index (χ4v) is 5.06. The largest absolute Gasteiger partial charge is 0.493 e.